The van der Waals surface area contributed by atoms with Gasteiger partial charge in [-0.05, 0) is 85.6 Å². The van der Waals surface area contributed by atoms with Crippen LogP contribution in [0.2, 0.25) is 0 Å². The van der Waals surface area contributed by atoms with Crippen LogP contribution in [0.4, 0.5) is 14.9 Å². The highest BCUT2D eigenvalue weighted by Gasteiger charge is 2.36. The number of imide groups is 1. The number of Topliss-reactive ketones (excluding diaryl/α,β-unsaturated/α-hetero) is 1. The number of benzene rings is 3. The molecule has 2 amide bonds. The molecule has 0 atom stereocenters. The molecule has 1 saturated heterocycles. The lowest BCUT2D eigenvalue weighted by Crippen LogP contribution is -2.33. The number of hydrogen-bond acceptors (Lipinski definition) is 7. The van der Waals surface area contributed by atoms with E-state index in [-0.39, 0.29) is 28.6 Å². The van der Waals surface area contributed by atoms with E-state index >= 15 is 0 Å². The number of non-ortho nitro benzene ring substituents is 1. The minimum absolute atomic E-state index is 0.00486. The van der Waals surface area contributed by atoms with Crippen molar-refractivity contribution in [3.63, 3.8) is 0 Å². The van der Waals surface area contributed by atoms with E-state index in [0.717, 1.165) is 4.90 Å². The van der Waals surface area contributed by atoms with Gasteiger partial charge < -0.3 is 4.74 Å². The molecule has 188 valence electrons. The molecule has 8 nitrogen and oxygen atoms in total. The fraction of sp³-hybridized carbons (Fsp3) is 0.0800. The summed E-state index contributed by atoms with van der Waals surface area (Å²) in [5, 5.41) is 10.2. The molecule has 1 heterocycles. The number of halogens is 3. The van der Waals surface area contributed by atoms with Gasteiger partial charge >= 0.3 is 0 Å². The summed E-state index contributed by atoms with van der Waals surface area (Å²) in [6.07, 6.45) is 1.51. The van der Waals surface area contributed by atoms with Crippen LogP contribution in [0.5, 0.6) is 5.75 Å². The molecule has 0 saturated carbocycles. The van der Waals surface area contributed by atoms with Crippen molar-refractivity contribution in [2.75, 3.05) is 6.54 Å². The number of hydrogen-bond donors (Lipinski definition) is 0. The first-order chi connectivity index (χ1) is 17.6. The molecule has 12 heteroatoms. The van der Waals surface area contributed by atoms with Gasteiger partial charge in [-0.2, -0.15) is 0 Å². The van der Waals surface area contributed by atoms with Gasteiger partial charge in [-0.15, -0.1) is 0 Å². The largest absolute Gasteiger partial charge is 0.486 e. The molecular weight excluding hydrogens is 635 g/mol. The monoisotopic (exact) mass is 648 g/mol. The number of rotatable bonds is 8. The normalized spacial score (nSPS) is 14.4. The standard InChI is InChI=1S/C25H15Br2FN2O6S/c26-18-9-14(10-19(27)23(18)36-13-16-3-1-2-4-20(16)28)11-22-24(32)29(25(33)37-22)12-21(31)15-5-7-17(8-6-15)30(34)35/h1-11H,12-13H2/b22-11+. The molecule has 37 heavy (non-hydrogen) atoms. The third-order valence-electron chi connectivity index (χ3n) is 5.22. The SMILES string of the molecule is O=C(CN1C(=O)S/C(=C/c2cc(Br)c(OCc3ccccc3F)c(Br)c2)C1=O)c1ccc([N+](=O)[O-])cc1. The predicted molar refractivity (Wildman–Crippen MR) is 143 cm³/mol. The van der Waals surface area contributed by atoms with Crippen LogP contribution in [-0.2, 0) is 11.4 Å². The maximum Gasteiger partial charge on any atom is 0.293 e. The highest BCUT2D eigenvalue weighted by atomic mass is 79.9. The maximum absolute atomic E-state index is 13.9. The van der Waals surface area contributed by atoms with Crippen molar-refractivity contribution in [1.82, 2.24) is 4.90 Å². The number of ketones is 1. The van der Waals surface area contributed by atoms with Crippen LogP contribution in [0.3, 0.4) is 0 Å². The molecule has 0 radical (unpaired) electrons. The average molecular weight is 650 g/mol. The van der Waals surface area contributed by atoms with Crippen molar-refractivity contribution >= 4 is 72.3 Å². The van der Waals surface area contributed by atoms with Crippen LogP contribution in [0.25, 0.3) is 6.08 Å². The van der Waals surface area contributed by atoms with E-state index in [1.807, 2.05) is 0 Å². The van der Waals surface area contributed by atoms with Crippen LogP contribution in [-0.4, -0.2) is 33.3 Å². The summed E-state index contributed by atoms with van der Waals surface area (Å²) in [7, 11) is 0. The minimum Gasteiger partial charge on any atom is -0.486 e. The molecule has 3 aromatic rings. The Hall–Kier alpha value is -3.35. The number of nitrogens with zero attached hydrogens (tertiary/aromatic N) is 2. The van der Waals surface area contributed by atoms with Gasteiger partial charge in [0.15, 0.2) is 5.78 Å². The minimum atomic E-state index is -0.627. The van der Waals surface area contributed by atoms with Gasteiger partial charge in [0.2, 0.25) is 0 Å². The Kier molecular flexibility index (Phi) is 8.20. The second-order valence-electron chi connectivity index (χ2n) is 7.69. The first kappa shape index (κ1) is 26.7. The van der Waals surface area contributed by atoms with Crippen LogP contribution in [0.1, 0.15) is 21.5 Å². The van der Waals surface area contributed by atoms with E-state index in [1.54, 1.807) is 30.3 Å². The second-order valence-corrected chi connectivity index (χ2v) is 10.4. The topological polar surface area (TPSA) is 107 Å². The van der Waals surface area contributed by atoms with E-state index in [1.165, 1.54) is 36.4 Å². The Morgan fingerprint density at radius 2 is 1.73 bits per heavy atom. The molecule has 1 aliphatic heterocycles. The van der Waals surface area contributed by atoms with Gasteiger partial charge in [0.1, 0.15) is 18.2 Å². The number of carbonyl (C=O) groups is 3. The van der Waals surface area contributed by atoms with Crippen molar-refractivity contribution in [2.24, 2.45) is 0 Å². The molecule has 0 N–H and O–H groups in total. The number of thioether (sulfide) groups is 1. The van der Waals surface area contributed by atoms with E-state index in [0.29, 0.717) is 37.6 Å². The lowest BCUT2D eigenvalue weighted by molar-refractivity contribution is -0.384. The predicted octanol–water partition coefficient (Wildman–Crippen LogP) is 6.76. The smallest absolute Gasteiger partial charge is 0.293 e. The van der Waals surface area contributed by atoms with Crippen molar-refractivity contribution in [2.45, 2.75) is 6.61 Å². The molecule has 0 unspecified atom stereocenters. The quantitative estimate of drug-likeness (QED) is 0.115. The van der Waals surface area contributed by atoms with Gasteiger partial charge in [0, 0.05) is 23.3 Å². The third-order valence-corrected chi connectivity index (χ3v) is 7.31. The zero-order valence-electron chi connectivity index (χ0n) is 18.7. The molecule has 0 aliphatic carbocycles. The van der Waals surface area contributed by atoms with E-state index in [4.69, 9.17) is 4.74 Å². The Balaban J connectivity index is 1.47. The van der Waals surface area contributed by atoms with Crippen LogP contribution >= 0.6 is 43.6 Å². The molecular formula is C25H15Br2FN2O6S. The fourth-order valence-corrected chi connectivity index (χ4v) is 5.65. The zero-order valence-corrected chi connectivity index (χ0v) is 22.6. The number of carbonyl (C=O) groups excluding carboxylic acids is 3. The summed E-state index contributed by atoms with van der Waals surface area (Å²) in [6, 6.07) is 14.5. The summed E-state index contributed by atoms with van der Waals surface area (Å²) >= 11 is 7.53. The second kappa shape index (κ2) is 11.4. The fourth-order valence-electron chi connectivity index (χ4n) is 3.36. The van der Waals surface area contributed by atoms with Gasteiger partial charge in [-0.3, -0.25) is 29.4 Å². The van der Waals surface area contributed by atoms with E-state index in [9.17, 15) is 28.9 Å². The Morgan fingerprint density at radius 1 is 1.08 bits per heavy atom. The van der Waals surface area contributed by atoms with Gasteiger partial charge in [0.05, 0.1) is 25.3 Å². The zero-order chi connectivity index (χ0) is 26.7. The number of nitro benzene ring substituents is 1. The Labute approximate surface area is 230 Å². The molecule has 1 aliphatic rings. The van der Waals surface area contributed by atoms with Crippen molar-refractivity contribution in [1.29, 1.82) is 0 Å². The Bertz CT molecular complexity index is 1440. The lowest BCUT2D eigenvalue weighted by atomic mass is 10.1. The summed E-state index contributed by atoms with van der Waals surface area (Å²) in [5.74, 6) is -1.10. The average Bonchev–Trinajstić information content (AvgIpc) is 3.11. The van der Waals surface area contributed by atoms with Crippen molar-refractivity contribution < 1.29 is 28.4 Å². The third kappa shape index (κ3) is 6.14. The molecule has 1 fully saturated rings. The molecule has 3 aromatic carbocycles. The first-order valence-corrected chi connectivity index (χ1v) is 12.9. The highest BCUT2D eigenvalue weighted by Crippen LogP contribution is 2.38. The van der Waals surface area contributed by atoms with Gasteiger partial charge in [-0.25, -0.2) is 4.39 Å². The summed E-state index contributed by atoms with van der Waals surface area (Å²) in [5.41, 5.74) is 0.936. The Morgan fingerprint density at radius 3 is 2.35 bits per heavy atom. The summed E-state index contributed by atoms with van der Waals surface area (Å²) < 4.78 is 20.7. The molecule has 0 spiro atoms. The lowest BCUT2D eigenvalue weighted by Gasteiger charge is -2.12. The van der Waals surface area contributed by atoms with Gasteiger partial charge in [-0.1, -0.05) is 18.2 Å². The van der Waals surface area contributed by atoms with Crippen molar-refractivity contribution in [3.05, 3.63) is 107 Å². The van der Waals surface area contributed by atoms with Crippen molar-refractivity contribution in [3.8, 4) is 5.75 Å². The van der Waals surface area contributed by atoms with Crippen LogP contribution in [0, 0.1) is 15.9 Å². The number of ether oxygens (including phenoxy) is 1. The van der Waals surface area contributed by atoms with E-state index < -0.39 is 28.4 Å². The van der Waals surface area contributed by atoms with Crippen LogP contribution < -0.4 is 4.74 Å². The van der Waals surface area contributed by atoms with Gasteiger partial charge in [0.25, 0.3) is 16.8 Å². The number of nitro groups is 1. The molecule has 0 aromatic heterocycles. The highest BCUT2D eigenvalue weighted by molar-refractivity contribution is 9.11. The maximum atomic E-state index is 13.9. The van der Waals surface area contributed by atoms with E-state index in [2.05, 4.69) is 31.9 Å². The molecule has 0 bridgehead atoms. The van der Waals surface area contributed by atoms with Crippen LogP contribution in [0.15, 0.2) is 74.5 Å². The first-order valence-electron chi connectivity index (χ1n) is 10.5. The summed E-state index contributed by atoms with van der Waals surface area (Å²) in [4.78, 5) is 49.0. The number of amides is 2. The summed E-state index contributed by atoms with van der Waals surface area (Å²) in [6.45, 7) is -0.485. The molecule has 4 rings (SSSR count).